The first kappa shape index (κ1) is 25.9. The number of methoxy groups -OCH3 is 1. The SMILES string of the molecule is COC(=O)[C@H](/C=C/CCCCO[Si](C)(C)C(C)(C)C)NC(=O)OCc1ccccc1. The highest BCUT2D eigenvalue weighted by atomic mass is 28.4. The summed E-state index contributed by atoms with van der Waals surface area (Å²) in [5.41, 5.74) is 0.873. The number of alkyl carbamates (subject to hydrolysis) is 1. The average molecular weight is 436 g/mol. The second-order valence-electron chi connectivity index (χ2n) is 8.74. The van der Waals surface area contributed by atoms with E-state index < -0.39 is 26.4 Å². The van der Waals surface area contributed by atoms with Crippen LogP contribution in [0.5, 0.6) is 0 Å². The van der Waals surface area contributed by atoms with Gasteiger partial charge in [-0.25, -0.2) is 9.59 Å². The predicted molar refractivity (Wildman–Crippen MR) is 122 cm³/mol. The molecule has 1 N–H and O–H groups in total. The summed E-state index contributed by atoms with van der Waals surface area (Å²) in [6, 6.07) is 8.48. The monoisotopic (exact) mass is 435 g/mol. The molecule has 0 aliphatic carbocycles. The Labute approximate surface area is 182 Å². The number of hydrogen-bond donors (Lipinski definition) is 1. The second-order valence-corrected chi connectivity index (χ2v) is 13.5. The number of esters is 1. The van der Waals surface area contributed by atoms with Crippen LogP contribution in [-0.4, -0.2) is 40.1 Å². The van der Waals surface area contributed by atoms with Gasteiger partial charge in [0.05, 0.1) is 7.11 Å². The smallest absolute Gasteiger partial charge is 0.408 e. The molecule has 6 nitrogen and oxygen atoms in total. The molecule has 0 saturated heterocycles. The van der Waals surface area contributed by atoms with E-state index in [0.29, 0.717) is 0 Å². The van der Waals surface area contributed by atoms with Gasteiger partial charge in [-0.1, -0.05) is 63.3 Å². The minimum absolute atomic E-state index is 0.137. The van der Waals surface area contributed by atoms with Crippen LogP contribution in [-0.2, 0) is 25.3 Å². The lowest BCUT2D eigenvalue weighted by atomic mass is 10.2. The van der Waals surface area contributed by atoms with E-state index in [2.05, 4.69) is 39.2 Å². The Morgan fingerprint density at radius 3 is 2.40 bits per heavy atom. The Kier molecular flexibility index (Phi) is 10.8. The van der Waals surface area contributed by atoms with Crippen molar-refractivity contribution in [2.75, 3.05) is 13.7 Å². The van der Waals surface area contributed by atoms with Crippen molar-refractivity contribution in [3.05, 3.63) is 48.0 Å². The lowest BCUT2D eigenvalue weighted by Crippen LogP contribution is -2.40. The Morgan fingerprint density at radius 2 is 1.80 bits per heavy atom. The number of benzene rings is 1. The molecule has 1 aromatic rings. The van der Waals surface area contributed by atoms with E-state index in [4.69, 9.17) is 13.9 Å². The zero-order valence-electron chi connectivity index (χ0n) is 19.2. The fourth-order valence-corrected chi connectivity index (χ4v) is 3.43. The maximum atomic E-state index is 12.0. The molecule has 1 aromatic carbocycles. The molecule has 0 bridgehead atoms. The number of unbranched alkanes of at least 4 members (excludes halogenated alkanes) is 2. The Bertz CT molecular complexity index is 683. The molecule has 0 heterocycles. The summed E-state index contributed by atoms with van der Waals surface area (Å²) >= 11 is 0. The van der Waals surface area contributed by atoms with E-state index in [1.807, 2.05) is 36.4 Å². The number of carbonyl (C=O) groups excluding carboxylic acids is 2. The lowest BCUT2D eigenvalue weighted by molar-refractivity contribution is -0.141. The highest BCUT2D eigenvalue weighted by Gasteiger charge is 2.36. The highest BCUT2D eigenvalue weighted by Crippen LogP contribution is 2.36. The normalized spacial score (nSPS) is 13.1. The minimum Gasteiger partial charge on any atom is -0.467 e. The first-order valence-electron chi connectivity index (χ1n) is 10.4. The molecule has 0 unspecified atom stereocenters. The van der Waals surface area contributed by atoms with Crippen molar-refractivity contribution < 1.29 is 23.5 Å². The molecule has 0 aliphatic heterocycles. The molecule has 30 heavy (non-hydrogen) atoms. The molecule has 1 atom stereocenters. The van der Waals surface area contributed by atoms with E-state index >= 15 is 0 Å². The van der Waals surface area contributed by atoms with E-state index in [1.54, 1.807) is 6.08 Å². The largest absolute Gasteiger partial charge is 0.467 e. The van der Waals surface area contributed by atoms with Crippen LogP contribution in [0, 0.1) is 0 Å². The molecule has 0 fully saturated rings. The Morgan fingerprint density at radius 1 is 1.13 bits per heavy atom. The van der Waals surface area contributed by atoms with Crippen LogP contribution in [0.1, 0.15) is 45.6 Å². The quantitative estimate of drug-likeness (QED) is 0.224. The van der Waals surface area contributed by atoms with Crippen molar-refractivity contribution in [2.45, 2.75) is 70.8 Å². The van der Waals surface area contributed by atoms with Crippen molar-refractivity contribution in [3.63, 3.8) is 0 Å². The number of ether oxygens (including phenoxy) is 2. The topological polar surface area (TPSA) is 73.9 Å². The van der Waals surface area contributed by atoms with Crippen molar-refractivity contribution in [1.82, 2.24) is 5.32 Å². The maximum Gasteiger partial charge on any atom is 0.408 e. The molecule has 1 amide bonds. The summed E-state index contributed by atoms with van der Waals surface area (Å²) in [6.07, 6.45) is 5.54. The van der Waals surface area contributed by atoms with Gasteiger partial charge >= 0.3 is 12.1 Å². The van der Waals surface area contributed by atoms with E-state index in [9.17, 15) is 9.59 Å². The molecule has 0 saturated carbocycles. The number of nitrogens with one attached hydrogen (secondary N) is 1. The first-order valence-corrected chi connectivity index (χ1v) is 13.3. The third-order valence-electron chi connectivity index (χ3n) is 5.30. The van der Waals surface area contributed by atoms with E-state index in [-0.39, 0.29) is 11.6 Å². The molecular weight excluding hydrogens is 398 g/mol. The van der Waals surface area contributed by atoms with Gasteiger partial charge in [0.1, 0.15) is 12.6 Å². The first-order chi connectivity index (χ1) is 14.1. The number of rotatable bonds is 11. The summed E-state index contributed by atoms with van der Waals surface area (Å²) in [6.45, 7) is 12.1. The number of amides is 1. The van der Waals surface area contributed by atoms with Gasteiger partial charge in [0, 0.05) is 6.61 Å². The van der Waals surface area contributed by atoms with Gasteiger partial charge in [0.2, 0.25) is 0 Å². The number of allylic oxidation sites excluding steroid dienone is 1. The van der Waals surface area contributed by atoms with Crippen LogP contribution < -0.4 is 5.32 Å². The van der Waals surface area contributed by atoms with E-state index in [0.717, 1.165) is 31.4 Å². The van der Waals surface area contributed by atoms with Crippen LogP contribution in [0.25, 0.3) is 0 Å². The van der Waals surface area contributed by atoms with Crippen molar-refractivity contribution in [1.29, 1.82) is 0 Å². The van der Waals surface area contributed by atoms with Crippen LogP contribution in [0.2, 0.25) is 18.1 Å². The van der Waals surface area contributed by atoms with Crippen molar-refractivity contribution in [2.24, 2.45) is 0 Å². The van der Waals surface area contributed by atoms with E-state index in [1.165, 1.54) is 7.11 Å². The molecule has 168 valence electrons. The van der Waals surface area contributed by atoms with Gasteiger partial charge in [-0.2, -0.15) is 0 Å². The van der Waals surface area contributed by atoms with Crippen LogP contribution in [0.3, 0.4) is 0 Å². The Balaban J connectivity index is 2.38. The lowest BCUT2D eigenvalue weighted by Gasteiger charge is -2.36. The third kappa shape index (κ3) is 9.58. The summed E-state index contributed by atoms with van der Waals surface area (Å²) < 4.78 is 16.1. The van der Waals surface area contributed by atoms with Crippen molar-refractivity contribution >= 4 is 20.4 Å². The van der Waals surface area contributed by atoms with Gasteiger partial charge in [0.15, 0.2) is 8.32 Å². The fourth-order valence-electron chi connectivity index (χ4n) is 2.34. The van der Waals surface area contributed by atoms with Crippen LogP contribution in [0.4, 0.5) is 4.79 Å². The summed E-state index contributed by atoms with van der Waals surface area (Å²) in [5, 5.41) is 2.74. The molecule has 0 aromatic heterocycles. The van der Waals surface area contributed by atoms with Gasteiger partial charge < -0.3 is 19.2 Å². The summed E-state index contributed by atoms with van der Waals surface area (Å²) in [5.74, 6) is -0.538. The average Bonchev–Trinajstić information content (AvgIpc) is 2.69. The van der Waals surface area contributed by atoms with Gasteiger partial charge in [0.25, 0.3) is 0 Å². The molecule has 7 heteroatoms. The number of carbonyl (C=O) groups is 2. The minimum atomic E-state index is -1.70. The molecule has 0 spiro atoms. The predicted octanol–water partition coefficient (Wildman–Crippen LogP) is 5.20. The zero-order valence-corrected chi connectivity index (χ0v) is 20.2. The van der Waals surface area contributed by atoms with Crippen molar-refractivity contribution in [3.8, 4) is 0 Å². The Hall–Kier alpha value is -2.12. The fraction of sp³-hybridized carbons (Fsp3) is 0.565. The van der Waals surface area contributed by atoms with Gasteiger partial charge in [-0.05, 0) is 43.0 Å². The number of hydrogen-bond acceptors (Lipinski definition) is 5. The molecular formula is C23H37NO5Si. The second kappa shape index (κ2) is 12.5. The third-order valence-corrected chi connectivity index (χ3v) is 9.84. The molecule has 0 radical (unpaired) electrons. The summed E-state index contributed by atoms with van der Waals surface area (Å²) in [4.78, 5) is 23.9. The standard InChI is InChI=1S/C23H37NO5Si/c1-23(2,3)30(5,6)29-17-13-8-7-12-16-20(21(25)27-4)24-22(26)28-18-19-14-10-9-11-15-19/h9-12,14-16,20H,7-8,13,17-18H2,1-6H3,(H,24,26)/b16-12+/t20-/m0/s1. The molecule has 0 aliphatic rings. The zero-order chi connectivity index (χ0) is 22.6. The van der Waals surface area contributed by atoms with Gasteiger partial charge in [-0.3, -0.25) is 0 Å². The highest BCUT2D eigenvalue weighted by molar-refractivity contribution is 6.74. The molecule has 1 rings (SSSR count). The van der Waals surface area contributed by atoms with Crippen LogP contribution >= 0.6 is 0 Å². The van der Waals surface area contributed by atoms with Crippen LogP contribution in [0.15, 0.2) is 42.5 Å². The summed E-state index contributed by atoms with van der Waals surface area (Å²) in [7, 11) is -0.413. The maximum absolute atomic E-state index is 12.0. The van der Waals surface area contributed by atoms with Gasteiger partial charge in [-0.15, -0.1) is 0 Å².